The summed E-state index contributed by atoms with van der Waals surface area (Å²) < 4.78 is 18.7. The summed E-state index contributed by atoms with van der Waals surface area (Å²) in [5, 5.41) is 3.52. The number of methoxy groups -OCH3 is 1. The van der Waals surface area contributed by atoms with E-state index in [0.717, 1.165) is 37.7 Å². The summed E-state index contributed by atoms with van der Waals surface area (Å²) in [6.07, 6.45) is 2.43. The van der Waals surface area contributed by atoms with Gasteiger partial charge in [0.05, 0.1) is 7.11 Å². The van der Waals surface area contributed by atoms with Gasteiger partial charge in [0.1, 0.15) is 0 Å². The van der Waals surface area contributed by atoms with E-state index in [2.05, 4.69) is 24.1 Å². The van der Waals surface area contributed by atoms with Gasteiger partial charge in [-0.25, -0.2) is 4.39 Å². The molecule has 0 amide bonds. The molecule has 1 heterocycles. The largest absolute Gasteiger partial charge is 0.494 e. The van der Waals surface area contributed by atoms with Gasteiger partial charge in [-0.05, 0) is 63.0 Å². The number of hydrogen-bond acceptors (Lipinski definition) is 3. The van der Waals surface area contributed by atoms with Crippen molar-refractivity contribution >= 4 is 0 Å². The molecule has 0 bridgehead atoms. The molecule has 3 nitrogen and oxygen atoms in total. The van der Waals surface area contributed by atoms with Gasteiger partial charge in [0.25, 0.3) is 0 Å². The van der Waals surface area contributed by atoms with Gasteiger partial charge in [-0.1, -0.05) is 13.0 Å². The van der Waals surface area contributed by atoms with Crippen molar-refractivity contribution in [2.24, 2.45) is 5.92 Å². The fourth-order valence-electron chi connectivity index (χ4n) is 3.17. The third kappa shape index (κ3) is 4.42. The standard InChI is InChI=1S/C17H27FN2O/c1-4-19-13(2)15-7-9-20(10-8-15)12-14-5-6-17(21-3)16(18)11-14/h5-6,11,13,15,19H,4,7-10,12H2,1-3H3. The van der Waals surface area contributed by atoms with Gasteiger partial charge < -0.3 is 10.1 Å². The maximum atomic E-state index is 13.7. The van der Waals surface area contributed by atoms with Crippen LogP contribution < -0.4 is 10.1 Å². The van der Waals surface area contributed by atoms with Crippen molar-refractivity contribution in [3.8, 4) is 5.75 Å². The van der Waals surface area contributed by atoms with E-state index in [0.29, 0.717) is 11.8 Å². The lowest BCUT2D eigenvalue weighted by Crippen LogP contribution is -2.41. The normalized spacial score (nSPS) is 18.7. The fourth-order valence-corrected chi connectivity index (χ4v) is 3.17. The first kappa shape index (κ1) is 16.2. The predicted octanol–water partition coefficient (Wildman–Crippen LogP) is 3.04. The molecule has 0 radical (unpaired) electrons. The second-order valence-corrected chi connectivity index (χ2v) is 5.93. The summed E-state index contributed by atoms with van der Waals surface area (Å²) in [5.74, 6) is 0.802. The van der Waals surface area contributed by atoms with Crippen LogP contribution in [0, 0.1) is 11.7 Å². The lowest BCUT2D eigenvalue weighted by molar-refractivity contribution is 0.157. The summed E-state index contributed by atoms with van der Waals surface area (Å²) in [4.78, 5) is 2.41. The lowest BCUT2D eigenvalue weighted by atomic mass is 9.90. The Balaban J connectivity index is 1.84. The second-order valence-electron chi connectivity index (χ2n) is 5.93. The van der Waals surface area contributed by atoms with E-state index < -0.39 is 0 Å². The SMILES string of the molecule is CCNC(C)C1CCN(Cc2ccc(OC)c(F)c2)CC1. The Kier molecular flexibility index (Phi) is 6.00. The van der Waals surface area contributed by atoms with Crippen LogP contribution in [-0.2, 0) is 6.54 Å². The summed E-state index contributed by atoms with van der Waals surface area (Å²) in [6, 6.07) is 5.85. The molecule has 118 valence electrons. The Hall–Kier alpha value is -1.13. The third-order valence-electron chi connectivity index (χ3n) is 4.49. The molecule has 0 saturated carbocycles. The minimum atomic E-state index is -0.273. The molecule has 0 aliphatic carbocycles. The molecule has 1 unspecified atom stereocenters. The van der Waals surface area contributed by atoms with Crippen LogP contribution in [0.5, 0.6) is 5.75 Å². The molecule has 1 aromatic carbocycles. The van der Waals surface area contributed by atoms with Crippen LogP contribution >= 0.6 is 0 Å². The highest BCUT2D eigenvalue weighted by Crippen LogP contribution is 2.23. The number of halogens is 1. The average Bonchev–Trinajstić information content (AvgIpc) is 2.48. The van der Waals surface area contributed by atoms with Crippen LogP contribution in [0.2, 0.25) is 0 Å². The minimum Gasteiger partial charge on any atom is -0.494 e. The molecule has 1 saturated heterocycles. The summed E-state index contributed by atoms with van der Waals surface area (Å²) >= 11 is 0. The molecule has 1 atom stereocenters. The number of benzene rings is 1. The topological polar surface area (TPSA) is 24.5 Å². The molecule has 0 aromatic heterocycles. The van der Waals surface area contributed by atoms with Gasteiger partial charge in [0.2, 0.25) is 0 Å². The summed E-state index contributed by atoms with van der Waals surface area (Å²) in [7, 11) is 1.49. The second kappa shape index (κ2) is 7.76. The zero-order valence-electron chi connectivity index (χ0n) is 13.4. The van der Waals surface area contributed by atoms with Crippen LogP contribution in [0.15, 0.2) is 18.2 Å². The number of piperidine rings is 1. The minimum absolute atomic E-state index is 0.273. The van der Waals surface area contributed by atoms with E-state index in [4.69, 9.17) is 4.74 Å². The Bertz CT molecular complexity index is 444. The van der Waals surface area contributed by atoms with Gasteiger partial charge >= 0.3 is 0 Å². The van der Waals surface area contributed by atoms with Crippen molar-refractivity contribution in [1.29, 1.82) is 0 Å². The van der Waals surface area contributed by atoms with Gasteiger partial charge in [0, 0.05) is 12.6 Å². The fraction of sp³-hybridized carbons (Fsp3) is 0.647. The van der Waals surface area contributed by atoms with Crippen molar-refractivity contribution in [1.82, 2.24) is 10.2 Å². The zero-order chi connectivity index (χ0) is 15.2. The maximum absolute atomic E-state index is 13.7. The number of nitrogens with zero attached hydrogens (tertiary/aromatic N) is 1. The Morgan fingerprint density at radius 2 is 2.10 bits per heavy atom. The van der Waals surface area contributed by atoms with E-state index in [9.17, 15) is 4.39 Å². The average molecular weight is 294 g/mol. The van der Waals surface area contributed by atoms with Gasteiger partial charge in [0.15, 0.2) is 11.6 Å². The van der Waals surface area contributed by atoms with E-state index in [-0.39, 0.29) is 5.82 Å². The molecule has 1 aromatic rings. The molecule has 1 fully saturated rings. The van der Waals surface area contributed by atoms with Crippen molar-refractivity contribution < 1.29 is 9.13 Å². The number of nitrogens with one attached hydrogen (secondary N) is 1. The lowest BCUT2D eigenvalue weighted by Gasteiger charge is -2.35. The highest BCUT2D eigenvalue weighted by molar-refractivity contribution is 5.29. The number of ether oxygens (including phenoxy) is 1. The maximum Gasteiger partial charge on any atom is 0.165 e. The number of hydrogen-bond donors (Lipinski definition) is 1. The quantitative estimate of drug-likeness (QED) is 0.873. The molecule has 21 heavy (non-hydrogen) atoms. The van der Waals surface area contributed by atoms with Crippen LogP contribution in [0.25, 0.3) is 0 Å². The molecule has 1 aliphatic rings. The monoisotopic (exact) mass is 294 g/mol. The molecule has 4 heteroatoms. The molecule has 1 aliphatic heterocycles. The summed E-state index contributed by atoms with van der Waals surface area (Å²) in [6.45, 7) is 8.48. The van der Waals surface area contributed by atoms with Crippen LogP contribution in [0.1, 0.15) is 32.3 Å². The number of likely N-dealkylation sites (tertiary alicyclic amines) is 1. The van der Waals surface area contributed by atoms with Crippen molar-refractivity contribution in [2.45, 2.75) is 39.3 Å². The smallest absolute Gasteiger partial charge is 0.165 e. The van der Waals surface area contributed by atoms with Crippen molar-refractivity contribution in [3.05, 3.63) is 29.6 Å². The van der Waals surface area contributed by atoms with Crippen LogP contribution in [0.4, 0.5) is 4.39 Å². The first-order chi connectivity index (χ1) is 10.1. The molecule has 0 spiro atoms. The van der Waals surface area contributed by atoms with Crippen LogP contribution in [0.3, 0.4) is 0 Å². The third-order valence-corrected chi connectivity index (χ3v) is 4.49. The van der Waals surface area contributed by atoms with Gasteiger partial charge in [-0.2, -0.15) is 0 Å². The van der Waals surface area contributed by atoms with E-state index >= 15 is 0 Å². The molecular formula is C17H27FN2O. The van der Waals surface area contributed by atoms with Crippen molar-refractivity contribution in [3.63, 3.8) is 0 Å². The Morgan fingerprint density at radius 1 is 1.38 bits per heavy atom. The first-order valence-corrected chi connectivity index (χ1v) is 7.92. The molecular weight excluding hydrogens is 267 g/mol. The van der Waals surface area contributed by atoms with Gasteiger partial charge in [-0.15, -0.1) is 0 Å². The molecule has 2 rings (SSSR count). The van der Waals surface area contributed by atoms with E-state index in [1.54, 1.807) is 12.1 Å². The number of rotatable bonds is 6. The predicted molar refractivity (Wildman–Crippen MR) is 84.1 cm³/mol. The highest BCUT2D eigenvalue weighted by atomic mass is 19.1. The van der Waals surface area contributed by atoms with Crippen LogP contribution in [-0.4, -0.2) is 37.7 Å². The first-order valence-electron chi connectivity index (χ1n) is 7.92. The molecule has 1 N–H and O–H groups in total. The van der Waals surface area contributed by atoms with Crippen molar-refractivity contribution in [2.75, 3.05) is 26.7 Å². The Labute approximate surface area is 127 Å². The highest BCUT2D eigenvalue weighted by Gasteiger charge is 2.23. The Morgan fingerprint density at radius 3 is 2.67 bits per heavy atom. The summed E-state index contributed by atoms with van der Waals surface area (Å²) in [5.41, 5.74) is 1.02. The zero-order valence-corrected chi connectivity index (χ0v) is 13.4. The van der Waals surface area contributed by atoms with E-state index in [1.165, 1.54) is 20.0 Å². The van der Waals surface area contributed by atoms with E-state index in [1.807, 2.05) is 6.07 Å². The van der Waals surface area contributed by atoms with Gasteiger partial charge in [-0.3, -0.25) is 4.90 Å².